The first-order chi connectivity index (χ1) is 12.1. The number of hydrogen-bond donors (Lipinski definition) is 2. The second kappa shape index (κ2) is 8.57. The topological polar surface area (TPSA) is 145 Å². The van der Waals surface area contributed by atoms with Crippen LogP contribution in [-0.2, 0) is 16.1 Å². The molecule has 2 atom stereocenters. The summed E-state index contributed by atoms with van der Waals surface area (Å²) in [4.78, 5) is 29.7. The molecule has 12 heteroatoms. The molecule has 0 bridgehead atoms. The normalized spacial score (nSPS) is 22.4. The zero-order valence-corrected chi connectivity index (χ0v) is 20.2. The fourth-order valence-electron chi connectivity index (χ4n) is 3.17. The molecule has 0 spiro atoms. The van der Waals surface area contributed by atoms with Crippen LogP contribution in [0.5, 0.6) is 0 Å². The molecule has 2 aliphatic rings. The summed E-state index contributed by atoms with van der Waals surface area (Å²) >= 11 is 2.44. The Morgan fingerprint density at radius 1 is 1.52 bits per heavy atom. The third-order valence-corrected chi connectivity index (χ3v) is 6.26. The van der Waals surface area contributed by atoms with Crippen LogP contribution in [-0.4, -0.2) is 49.6 Å². The van der Waals surface area contributed by atoms with Gasteiger partial charge in [0.1, 0.15) is 5.01 Å². The van der Waals surface area contributed by atoms with Crippen LogP contribution in [0, 0.1) is 5.92 Å². The number of aromatic nitrogens is 2. The molecule has 3 heterocycles. The first-order valence-corrected chi connectivity index (χ1v) is 9.49. The van der Waals surface area contributed by atoms with Crippen LogP contribution in [0.4, 0.5) is 0 Å². The van der Waals surface area contributed by atoms with Crippen molar-refractivity contribution >= 4 is 40.8 Å². The Balaban J connectivity index is 0.00000261. The van der Waals surface area contributed by atoms with Gasteiger partial charge < -0.3 is 25.6 Å². The van der Waals surface area contributed by atoms with Crippen LogP contribution >= 0.6 is 23.1 Å². The summed E-state index contributed by atoms with van der Waals surface area (Å²) < 4.78 is 0.549. The van der Waals surface area contributed by atoms with Crippen molar-refractivity contribution in [1.82, 2.24) is 15.1 Å². The molecule has 0 saturated carbocycles. The molecule has 0 unspecified atom stereocenters. The number of carbonyl (C=O) groups excluding carboxylic acids is 2. The fraction of sp³-hybridized carbons (Fsp3) is 0.533. The Morgan fingerprint density at radius 2 is 2.19 bits per heavy atom. The van der Waals surface area contributed by atoms with E-state index in [1.54, 1.807) is 20.8 Å². The van der Waals surface area contributed by atoms with Crippen molar-refractivity contribution in [2.24, 2.45) is 16.6 Å². The Kier molecular flexibility index (Phi) is 7.28. The minimum absolute atomic E-state index is 0. The maximum Gasteiger partial charge on any atom is 1.00 e. The van der Waals surface area contributed by atoms with Gasteiger partial charge in [-0.25, -0.2) is 0 Å². The Labute approximate surface area is 206 Å². The number of β-lactam (4-membered cyclic amide) rings is 1. The van der Waals surface area contributed by atoms with Gasteiger partial charge >= 0.3 is 51.4 Å². The van der Waals surface area contributed by atoms with Gasteiger partial charge in [0.15, 0.2) is 4.34 Å². The van der Waals surface area contributed by atoms with Crippen molar-refractivity contribution in [3.8, 4) is 0 Å². The SMILES string of the molecule is CC(N)=NCc1nnc(SC2=C(C(=O)[O-])N3C(=O)[C@@H](C(C)(C)O)[C@H]3C2)s1.[K+]. The van der Waals surface area contributed by atoms with Crippen LogP contribution < -0.4 is 62.2 Å². The largest absolute Gasteiger partial charge is 1.00 e. The molecule has 1 aromatic rings. The fourth-order valence-corrected chi connectivity index (χ4v) is 5.24. The van der Waals surface area contributed by atoms with Gasteiger partial charge in [-0.2, -0.15) is 0 Å². The number of amidine groups is 1. The predicted molar refractivity (Wildman–Crippen MR) is 93.8 cm³/mol. The molecule has 1 saturated heterocycles. The number of aliphatic imine (C=N–C) groups is 1. The van der Waals surface area contributed by atoms with E-state index in [0.29, 0.717) is 33.1 Å². The molecule has 1 aromatic heterocycles. The van der Waals surface area contributed by atoms with Crippen molar-refractivity contribution in [3.05, 3.63) is 15.6 Å². The number of nitrogens with zero attached hydrogens (tertiary/aromatic N) is 4. The Hall–Kier alpha value is -0.344. The van der Waals surface area contributed by atoms with E-state index >= 15 is 0 Å². The smallest absolute Gasteiger partial charge is 0.543 e. The zero-order chi connectivity index (χ0) is 19.2. The molecule has 2 aliphatic heterocycles. The summed E-state index contributed by atoms with van der Waals surface area (Å²) in [5.41, 5.74) is 4.13. The Morgan fingerprint density at radius 3 is 2.74 bits per heavy atom. The summed E-state index contributed by atoms with van der Waals surface area (Å²) in [6, 6.07) is -0.380. The molecular weight excluding hydrogens is 417 g/mol. The average Bonchev–Trinajstić information content (AvgIpc) is 3.06. The molecule has 3 N–H and O–H groups in total. The molecule has 1 fully saturated rings. The van der Waals surface area contributed by atoms with Crippen LogP contribution in [0.15, 0.2) is 19.9 Å². The summed E-state index contributed by atoms with van der Waals surface area (Å²) in [5, 5.41) is 30.4. The number of nitrogens with two attached hydrogens (primary N) is 1. The number of aliphatic hydroxyl groups is 1. The summed E-state index contributed by atoms with van der Waals surface area (Å²) in [7, 11) is 0. The van der Waals surface area contributed by atoms with E-state index in [0.717, 1.165) is 11.8 Å². The summed E-state index contributed by atoms with van der Waals surface area (Å²) in [6.07, 6.45) is 0.337. The van der Waals surface area contributed by atoms with E-state index in [4.69, 9.17) is 5.73 Å². The van der Waals surface area contributed by atoms with Gasteiger partial charge in [-0.1, -0.05) is 23.1 Å². The maximum atomic E-state index is 12.3. The number of hydrogen-bond acceptors (Lipinski definition) is 9. The van der Waals surface area contributed by atoms with E-state index in [1.807, 2.05) is 0 Å². The van der Waals surface area contributed by atoms with Gasteiger partial charge in [0, 0.05) is 11.3 Å². The molecule has 9 nitrogen and oxygen atoms in total. The van der Waals surface area contributed by atoms with Gasteiger partial charge in [0.05, 0.1) is 41.6 Å². The number of rotatable bonds is 6. The molecule has 3 rings (SSSR count). The first kappa shape index (κ1) is 22.9. The van der Waals surface area contributed by atoms with Crippen molar-refractivity contribution in [1.29, 1.82) is 0 Å². The van der Waals surface area contributed by atoms with Gasteiger partial charge in [0.2, 0.25) is 5.91 Å². The number of carboxylic acid groups (broad SMARTS) is 1. The zero-order valence-electron chi connectivity index (χ0n) is 15.4. The van der Waals surface area contributed by atoms with Crippen molar-refractivity contribution in [2.75, 3.05) is 0 Å². The van der Waals surface area contributed by atoms with Gasteiger partial charge in [-0.3, -0.25) is 9.79 Å². The molecular formula is C15H18KN5O4S2. The van der Waals surface area contributed by atoms with Crippen LogP contribution in [0.25, 0.3) is 0 Å². The minimum atomic E-state index is -1.41. The monoisotopic (exact) mass is 435 g/mol. The van der Waals surface area contributed by atoms with Gasteiger partial charge in [-0.15, -0.1) is 10.2 Å². The van der Waals surface area contributed by atoms with E-state index in [1.165, 1.54) is 16.2 Å². The van der Waals surface area contributed by atoms with Gasteiger partial charge in [0.25, 0.3) is 0 Å². The van der Waals surface area contributed by atoms with E-state index in [-0.39, 0.29) is 63.1 Å². The quantitative estimate of drug-likeness (QED) is 0.202. The number of carbonyl (C=O) groups is 2. The molecule has 0 aliphatic carbocycles. The number of carboxylic acids is 1. The standard InChI is InChI=1S/C15H19N5O4S2.K/c1-6(16)17-5-9-18-19-14(26-9)25-8-4-7-10(15(2,3)24)12(21)20(7)11(8)13(22)23;/h7,10,24H,4-5H2,1-3H3,(H2,16,17)(H,22,23);/q;+1/p-1/t7-,10+;/m1./s1. The maximum absolute atomic E-state index is 12.3. The number of amides is 1. The van der Waals surface area contributed by atoms with E-state index in [2.05, 4.69) is 15.2 Å². The average molecular weight is 436 g/mol. The van der Waals surface area contributed by atoms with Crippen molar-refractivity contribution in [2.45, 2.75) is 49.7 Å². The second-order valence-electron chi connectivity index (χ2n) is 6.69. The van der Waals surface area contributed by atoms with Crippen LogP contribution in [0.3, 0.4) is 0 Å². The third-order valence-electron chi connectivity index (χ3n) is 4.20. The minimum Gasteiger partial charge on any atom is -0.543 e. The molecule has 1 amide bonds. The summed E-state index contributed by atoms with van der Waals surface area (Å²) in [6.45, 7) is 5.08. The van der Waals surface area contributed by atoms with Crippen molar-refractivity contribution < 1.29 is 71.2 Å². The van der Waals surface area contributed by atoms with Crippen molar-refractivity contribution in [3.63, 3.8) is 0 Å². The summed E-state index contributed by atoms with van der Waals surface area (Å²) in [5.74, 6) is -2.01. The van der Waals surface area contributed by atoms with E-state index < -0.39 is 23.4 Å². The second-order valence-corrected chi connectivity index (χ2v) is 9.10. The Bertz CT molecular complexity index is 828. The number of aliphatic carboxylic acids is 1. The van der Waals surface area contributed by atoms with Crippen LogP contribution in [0.2, 0.25) is 0 Å². The van der Waals surface area contributed by atoms with E-state index in [9.17, 15) is 19.8 Å². The van der Waals surface area contributed by atoms with Gasteiger partial charge in [-0.05, 0) is 20.8 Å². The third kappa shape index (κ3) is 4.64. The molecule has 27 heavy (non-hydrogen) atoms. The number of thioether (sulfide) groups is 1. The molecule has 0 radical (unpaired) electrons. The van der Waals surface area contributed by atoms with Crippen LogP contribution in [0.1, 0.15) is 32.2 Å². The number of fused-ring (bicyclic) bond motifs is 1. The molecule has 0 aromatic carbocycles. The molecule has 140 valence electrons. The first-order valence-electron chi connectivity index (χ1n) is 7.86. The predicted octanol–water partition coefficient (Wildman–Crippen LogP) is -3.53.